The molecule has 0 bridgehead atoms. The van der Waals surface area contributed by atoms with Crippen LogP contribution < -0.4 is 14.4 Å². The molecule has 0 radical (unpaired) electrons. The Morgan fingerprint density at radius 1 is 0.903 bits per heavy atom. The quantitative estimate of drug-likeness (QED) is 0.534. The largest absolute Gasteiger partial charge is 0.494 e. The van der Waals surface area contributed by atoms with Gasteiger partial charge in [0.15, 0.2) is 0 Å². The maximum atomic E-state index is 13.3. The topological polar surface area (TPSA) is 75.7 Å². The summed E-state index contributed by atoms with van der Waals surface area (Å²) in [5, 5.41) is 2.76. The van der Waals surface area contributed by atoms with E-state index in [-0.39, 0.29) is 11.4 Å². The molecule has 0 aromatic heterocycles. The van der Waals surface area contributed by atoms with Crippen LogP contribution in [0.25, 0.3) is 0 Å². The summed E-state index contributed by atoms with van der Waals surface area (Å²) in [7, 11) is -3.92. The maximum Gasteiger partial charge on any atom is 0.264 e. The number of nitrogens with zero attached hydrogens (tertiary/aromatic N) is 1. The Labute approximate surface area is 183 Å². The van der Waals surface area contributed by atoms with Crippen LogP contribution in [-0.4, -0.2) is 27.5 Å². The van der Waals surface area contributed by atoms with Gasteiger partial charge in [-0.2, -0.15) is 0 Å². The van der Waals surface area contributed by atoms with Gasteiger partial charge in [-0.3, -0.25) is 9.10 Å². The average Bonchev–Trinajstić information content (AvgIpc) is 2.79. The van der Waals surface area contributed by atoms with Crippen LogP contribution >= 0.6 is 0 Å². The lowest BCUT2D eigenvalue weighted by atomic mass is 10.1. The third kappa shape index (κ3) is 5.64. The van der Waals surface area contributed by atoms with Crippen LogP contribution in [0.5, 0.6) is 5.75 Å². The Morgan fingerprint density at radius 3 is 2.13 bits per heavy atom. The fourth-order valence-electron chi connectivity index (χ4n) is 3.06. The Balaban J connectivity index is 1.86. The number of nitrogens with one attached hydrogen (secondary N) is 1. The summed E-state index contributed by atoms with van der Waals surface area (Å²) in [6.45, 7) is 4.12. The van der Waals surface area contributed by atoms with Crippen LogP contribution in [-0.2, 0) is 21.2 Å². The third-order valence-corrected chi connectivity index (χ3v) is 6.49. The van der Waals surface area contributed by atoms with E-state index >= 15 is 0 Å². The molecule has 0 aliphatic heterocycles. The first-order valence-corrected chi connectivity index (χ1v) is 11.6. The molecule has 1 N–H and O–H groups in total. The van der Waals surface area contributed by atoms with E-state index in [0.29, 0.717) is 23.7 Å². The van der Waals surface area contributed by atoms with Gasteiger partial charge >= 0.3 is 0 Å². The highest BCUT2D eigenvalue weighted by molar-refractivity contribution is 7.92. The predicted octanol–water partition coefficient (Wildman–Crippen LogP) is 4.48. The molecule has 162 valence electrons. The average molecular weight is 439 g/mol. The molecule has 3 aromatic rings. The van der Waals surface area contributed by atoms with E-state index in [1.54, 1.807) is 54.6 Å². The fourth-order valence-corrected chi connectivity index (χ4v) is 4.51. The molecule has 0 aliphatic carbocycles. The van der Waals surface area contributed by atoms with Crippen LogP contribution in [0.3, 0.4) is 0 Å². The lowest BCUT2D eigenvalue weighted by molar-refractivity contribution is -0.114. The Hall–Kier alpha value is -3.32. The van der Waals surface area contributed by atoms with Crippen LogP contribution in [0.1, 0.15) is 19.4 Å². The number of benzene rings is 3. The molecule has 0 spiro atoms. The molecule has 3 aromatic carbocycles. The van der Waals surface area contributed by atoms with Crippen molar-refractivity contribution in [2.75, 3.05) is 22.8 Å². The number of rotatable bonds is 9. The zero-order valence-electron chi connectivity index (χ0n) is 17.6. The molecular weight excluding hydrogens is 412 g/mol. The number of aryl methyl sites for hydroxylation is 1. The number of amides is 1. The van der Waals surface area contributed by atoms with Gasteiger partial charge in [-0.1, -0.05) is 37.3 Å². The van der Waals surface area contributed by atoms with Crippen LogP contribution in [0, 0.1) is 0 Å². The van der Waals surface area contributed by atoms with Crippen molar-refractivity contribution in [2.45, 2.75) is 25.2 Å². The summed E-state index contributed by atoms with van der Waals surface area (Å²) >= 11 is 0. The number of carbonyl (C=O) groups is 1. The molecule has 6 nitrogen and oxygen atoms in total. The summed E-state index contributed by atoms with van der Waals surface area (Å²) in [6, 6.07) is 22.2. The number of anilines is 2. The van der Waals surface area contributed by atoms with Crippen LogP contribution in [0.4, 0.5) is 11.4 Å². The normalized spacial score (nSPS) is 11.0. The number of sulfonamides is 1. The van der Waals surface area contributed by atoms with Gasteiger partial charge in [0.1, 0.15) is 12.3 Å². The van der Waals surface area contributed by atoms with E-state index in [0.717, 1.165) is 16.3 Å². The summed E-state index contributed by atoms with van der Waals surface area (Å²) < 4.78 is 33.2. The molecule has 7 heteroatoms. The molecule has 0 atom stereocenters. The first-order valence-electron chi connectivity index (χ1n) is 10.1. The first kappa shape index (κ1) is 22.4. The van der Waals surface area contributed by atoms with E-state index in [1.807, 2.05) is 26.0 Å². The predicted molar refractivity (Wildman–Crippen MR) is 123 cm³/mol. The molecule has 0 heterocycles. The lowest BCUT2D eigenvalue weighted by Crippen LogP contribution is -2.38. The van der Waals surface area contributed by atoms with E-state index in [1.165, 1.54) is 12.1 Å². The highest BCUT2D eigenvalue weighted by Gasteiger charge is 2.27. The van der Waals surface area contributed by atoms with Gasteiger partial charge in [-0.15, -0.1) is 0 Å². The highest BCUT2D eigenvalue weighted by atomic mass is 32.2. The molecule has 0 saturated heterocycles. The molecule has 0 aliphatic rings. The Morgan fingerprint density at radius 2 is 1.55 bits per heavy atom. The Bertz CT molecular complexity index is 1100. The zero-order chi connectivity index (χ0) is 22.3. The highest BCUT2D eigenvalue weighted by Crippen LogP contribution is 2.24. The number of ether oxygens (including phenoxy) is 1. The van der Waals surface area contributed by atoms with Crippen molar-refractivity contribution in [3.63, 3.8) is 0 Å². The second kappa shape index (κ2) is 10.1. The first-order chi connectivity index (χ1) is 14.9. The van der Waals surface area contributed by atoms with Crippen molar-refractivity contribution in [3.8, 4) is 5.75 Å². The summed E-state index contributed by atoms with van der Waals surface area (Å²) in [4.78, 5) is 12.9. The summed E-state index contributed by atoms with van der Waals surface area (Å²) in [5.41, 5.74) is 2.08. The number of hydrogen-bond donors (Lipinski definition) is 1. The van der Waals surface area contributed by atoms with E-state index < -0.39 is 15.9 Å². The summed E-state index contributed by atoms with van der Waals surface area (Å²) in [6.07, 6.45) is 0.837. The van der Waals surface area contributed by atoms with Crippen molar-refractivity contribution in [1.82, 2.24) is 0 Å². The molecule has 31 heavy (non-hydrogen) atoms. The lowest BCUT2D eigenvalue weighted by Gasteiger charge is -2.24. The van der Waals surface area contributed by atoms with Gasteiger partial charge in [0.2, 0.25) is 5.91 Å². The van der Waals surface area contributed by atoms with Crippen molar-refractivity contribution >= 4 is 27.3 Å². The molecule has 0 fully saturated rings. The monoisotopic (exact) mass is 438 g/mol. The summed E-state index contributed by atoms with van der Waals surface area (Å²) in [5.74, 6) is 0.257. The minimum Gasteiger partial charge on any atom is -0.494 e. The van der Waals surface area contributed by atoms with Crippen molar-refractivity contribution in [1.29, 1.82) is 0 Å². The molecular formula is C24H26N2O4S. The smallest absolute Gasteiger partial charge is 0.264 e. The maximum absolute atomic E-state index is 13.3. The molecule has 0 saturated carbocycles. The van der Waals surface area contributed by atoms with Crippen molar-refractivity contribution < 1.29 is 17.9 Å². The van der Waals surface area contributed by atoms with E-state index in [9.17, 15) is 13.2 Å². The SMILES string of the molecule is CCOc1ccc(NC(=O)CN(c2ccc(CC)cc2)S(=O)(=O)c2ccccc2)cc1. The minimum absolute atomic E-state index is 0.128. The molecule has 3 rings (SSSR count). The zero-order valence-corrected chi connectivity index (χ0v) is 18.4. The van der Waals surface area contributed by atoms with Crippen LogP contribution in [0.15, 0.2) is 83.8 Å². The number of carbonyl (C=O) groups excluding carboxylic acids is 1. The molecule has 1 amide bonds. The van der Waals surface area contributed by atoms with Gasteiger partial charge in [0, 0.05) is 5.69 Å². The second-order valence-corrected chi connectivity index (χ2v) is 8.71. The van der Waals surface area contributed by atoms with Gasteiger partial charge in [0.25, 0.3) is 10.0 Å². The van der Waals surface area contributed by atoms with E-state index in [4.69, 9.17) is 4.74 Å². The minimum atomic E-state index is -3.92. The van der Waals surface area contributed by atoms with E-state index in [2.05, 4.69) is 5.32 Å². The second-order valence-electron chi connectivity index (χ2n) is 6.85. The third-order valence-electron chi connectivity index (χ3n) is 4.70. The van der Waals surface area contributed by atoms with Crippen molar-refractivity contribution in [2.24, 2.45) is 0 Å². The number of hydrogen-bond acceptors (Lipinski definition) is 4. The fraction of sp³-hybridized carbons (Fsp3) is 0.208. The Kier molecular flexibility index (Phi) is 7.31. The standard InChI is InChI=1S/C24H26N2O4S/c1-3-19-10-14-21(15-11-19)26(31(28,29)23-8-6-5-7-9-23)18-24(27)25-20-12-16-22(17-13-20)30-4-2/h5-17H,3-4,18H2,1-2H3,(H,25,27). The van der Waals surface area contributed by atoms with Crippen LogP contribution in [0.2, 0.25) is 0 Å². The van der Waals surface area contributed by atoms with Crippen molar-refractivity contribution in [3.05, 3.63) is 84.4 Å². The van der Waals surface area contributed by atoms with Gasteiger partial charge in [0.05, 0.1) is 17.2 Å². The van der Waals surface area contributed by atoms with Gasteiger partial charge in [-0.25, -0.2) is 8.42 Å². The molecule has 0 unspecified atom stereocenters. The van der Waals surface area contributed by atoms with Gasteiger partial charge < -0.3 is 10.1 Å². The van der Waals surface area contributed by atoms with Gasteiger partial charge in [-0.05, 0) is 67.4 Å².